The van der Waals surface area contributed by atoms with Crippen molar-refractivity contribution >= 4 is 0 Å². The van der Waals surface area contributed by atoms with E-state index in [1.165, 1.54) is 0 Å². The molecule has 0 saturated heterocycles. The molecule has 1 aromatic rings. The van der Waals surface area contributed by atoms with Gasteiger partial charge in [-0.15, -0.1) is 0 Å². The van der Waals surface area contributed by atoms with Gasteiger partial charge >= 0.3 is 0 Å². The molecule has 2 rings (SSSR count). The highest BCUT2D eigenvalue weighted by Crippen LogP contribution is 2.45. The number of ether oxygens (including phenoxy) is 2. The van der Waals surface area contributed by atoms with Crippen LogP contribution in [0.3, 0.4) is 0 Å². The van der Waals surface area contributed by atoms with Crippen LogP contribution in [0.25, 0.3) is 0 Å². The van der Waals surface area contributed by atoms with E-state index in [0.29, 0.717) is 0 Å². The van der Waals surface area contributed by atoms with Gasteiger partial charge in [-0.3, -0.25) is 0 Å². The highest BCUT2D eigenvalue weighted by Gasteiger charge is 2.33. The smallest absolute Gasteiger partial charge is 0.125 e. The summed E-state index contributed by atoms with van der Waals surface area (Å²) in [4.78, 5) is 0. The molecule has 0 saturated carbocycles. The normalized spacial score (nSPS) is 23.7. The van der Waals surface area contributed by atoms with Crippen LogP contribution in [0.4, 0.5) is 0 Å². The second-order valence-electron chi connectivity index (χ2n) is 3.99. The molecule has 1 aliphatic rings. The van der Waals surface area contributed by atoms with Crippen LogP contribution in [0.1, 0.15) is 24.2 Å². The van der Waals surface area contributed by atoms with Crippen molar-refractivity contribution in [2.45, 2.75) is 19.4 Å². The second-order valence-corrected chi connectivity index (χ2v) is 3.99. The zero-order valence-corrected chi connectivity index (χ0v) is 9.28. The second kappa shape index (κ2) is 3.74. The van der Waals surface area contributed by atoms with E-state index < -0.39 is 6.10 Å². The van der Waals surface area contributed by atoms with Crippen LogP contribution in [-0.4, -0.2) is 19.3 Å². The number of rotatable bonds is 2. The molecule has 1 aliphatic carbocycles. The molecule has 3 heteroatoms. The van der Waals surface area contributed by atoms with Crippen LogP contribution in [-0.2, 0) is 6.42 Å². The zero-order valence-electron chi connectivity index (χ0n) is 9.28. The van der Waals surface area contributed by atoms with E-state index in [2.05, 4.69) is 0 Å². The van der Waals surface area contributed by atoms with Gasteiger partial charge in [0.05, 0.1) is 20.3 Å². The molecule has 15 heavy (non-hydrogen) atoms. The number of hydrogen-bond donors (Lipinski definition) is 1. The van der Waals surface area contributed by atoms with E-state index in [1.54, 1.807) is 14.2 Å². The third-order valence-electron chi connectivity index (χ3n) is 3.07. The summed E-state index contributed by atoms with van der Waals surface area (Å²) in [6, 6.07) is 3.74. The number of aliphatic hydroxyl groups is 1. The molecule has 0 bridgehead atoms. The number of hydrogen-bond acceptors (Lipinski definition) is 3. The van der Waals surface area contributed by atoms with Crippen LogP contribution in [0, 0.1) is 5.92 Å². The maximum absolute atomic E-state index is 10.0. The Morgan fingerprint density at radius 1 is 1.20 bits per heavy atom. The molecule has 0 spiro atoms. The highest BCUT2D eigenvalue weighted by molar-refractivity contribution is 5.52. The number of aliphatic hydroxyl groups excluding tert-OH is 1. The van der Waals surface area contributed by atoms with E-state index in [1.807, 2.05) is 19.1 Å². The van der Waals surface area contributed by atoms with Gasteiger partial charge in [0.25, 0.3) is 0 Å². The van der Waals surface area contributed by atoms with Crippen LogP contribution in [0.5, 0.6) is 11.5 Å². The molecule has 2 atom stereocenters. The topological polar surface area (TPSA) is 38.7 Å². The van der Waals surface area contributed by atoms with E-state index in [4.69, 9.17) is 9.47 Å². The fourth-order valence-corrected chi connectivity index (χ4v) is 2.25. The molecule has 1 N–H and O–H groups in total. The zero-order chi connectivity index (χ0) is 11.0. The molecule has 0 aliphatic heterocycles. The van der Waals surface area contributed by atoms with Crippen LogP contribution in [0.15, 0.2) is 12.1 Å². The maximum Gasteiger partial charge on any atom is 0.125 e. The molecule has 0 aromatic heterocycles. The number of benzene rings is 1. The lowest BCUT2D eigenvalue weighted by Crippen LogP contribution is -2.02. The van der Waals surface area contributed by atoms with E-state index >= 15 is 0 Å². The highest BCUT2D eigenvalue weighted by atomic mass is 16.5. The predicted molar refractivity (Wildman–Crippen MR) is 57.4 cm³/mol. The summed E-state index contributed by atoms with van der Waals surface area (Å²) in [6.45, 7) is 2.03. The van der Waals surface area contributed by atoms with Gasteiger partial charge in [0.2, 0.25) is 0 Å². The van der Waals surface area contributed by atoms with Crippen molar-refractivity contribution in [3.05, 3.63) is 23.3 Å². The lowest BCUT2D eigenvalue weighted by Gasteiger charge is -2.13. The summed E-state index contributed by atoms with van der Waals surface area (Å²) in [5, 5.41) is 10.0. The Kier molecular flexibility index (Phi) is 2.57. The van der Waals surface area contributed by atoms with Gasteiger partial charge in [-0.2, -0.15) is 0 Å². The Balaban J connectivity index is 2.57. The predicted octanol–water partition coefficient (Wildman–Crippen LogP) is 1.93. The van der Waals surface area contributed by atoms with Crippen molar-refractivity contribution in [1.82, 2.24) is 0 Å². The van der Waals surface area contributed by atoms with Crippen LogP contribution >= 0.6 is 0 Å². The average Bonchev–Trinajstić information content (AvgIpc) is 2.55. The first-order valence-corrected chi connectivity index (χ1v) is 5.10. The Morgan fingerprint density at radius 3 is 2.40 bits per heavy atom. The molecule has 82 valence electrons. The minimum absolute atomic E-state index is 0.227. The van der Waals surface area contributed by atoms with Crippen molar-refractivity contribution in [3.63, 3.8) is 0 Å². The minimum atomic E-state index is -0.440. The minimum Gasteiger partial charge on any atom is -0.496 e. The summed E-state index contributed by atoms with van der Waals surface area (Å²) >= 11 is 0. The van der Waals surface area contributed by atoms with Gasteiger partial charge in [-0.05, 0) is 24.5 Å². The molecule has 0 radical (unpaired) electrons. The van der Waals surface area contributed by atoms with Gasteiger partial charge in [-0.1, -0.05) is 6.92 Å². The lowest BCUT2D eigenvalue weighted by atomic mass is 10.1. The fourth-order valence-electron chi connectivity index (χ4n) is 2.25. The number of methoxy groups -OCH3 is 2. The Hall–Kier alpha value is -1.22. The first-order valence-electron chi connectivity index (χ1n) is 5.10. The molecule has 0 fully saturated rings. The van der Waals surface area contributed by atoms with Gasteiger partial charge < -0.3 is 14.6 Å². The monoisotopic (exact) mass is 208 g/mol. The Morgan fingerprint density at radius 2 is 1.80 bits per heavy atom. The molecule has 1 aromatic carbocycles. The molecule has 3 nitrogen and oxygen atoms in total. The summed E-state index contributed by atoms with van der Waals surface area (Å²) in [5.41, 5.74) is 1.97. The molecule has 0 heterocycles. The van der Waals surface area contributed by atoms with E-state index in [-0.39, 0.29) is 5.92 Å². The lowest BCUT2D eigenvalue weighted by molar-refractivity contribution is 0.130. The van der Waals surface area contributed by atoms with Crippen molar-refractivity contribution < 1.29 is 14.6 Å². The van der Waals surface area contributed by atoms with Crippen molar-refractivity contribution in [1.29, 1.82) is 0 Å². The largest absolute Gasteiger partial charge is 0.496 e. The third-order valence-corrected chi connectivity index (χ3v) is 3.07. The van der Waals surface area contributed by atoms with Gasteiger partial charge in [0.15, 0.2) is 0 Å². The molecule has 2 unspecified atom stereocenters. The van der Waals surface area contributed by atoms with Crippen LogP contribution < -0.4 is 9.47 Å². The fraction of sp³-hybridized carbons (Fsp3) is 0.500. The van der Waals surface area contributed by atoms with Gasteiger partial charge in [0.1, 0.15) is 11.5 Å². The van der Waals surface area contributed by atoms with Gasteiger partial charge in [0, 0.05) is 11.1 Å². The summed E-state index contributed by atoms with van der Waals surface area (Å²) in [7, 11) is 3.27. The summed E-state index contributed by atoms with van der Waals surface area (Å²) in [6.07, 6.45) is 0.404. The first-order chi connectivity index (χ1) is 7.19. The Labute approximate surface area is 89.6 Å². The standard InChI is InChI=1S/C12H16O3/c1-7-6-8-9(14-2)4-5-10(15-3)11(8)12(7)13/h4-5,7,12-13H,6H2,1-3H3. The summed E-state index contributed by atoms with van der Waals surface area (Å²) < 4.78 is 10.5. The van der Waals surface area contributed by atoms with E-state index in [0.717, 1.165) is 29.0 Å². The first kappa shape index (κ1) is 10.3. The average molecular weight is 208 g/mol. The van der Waals surface area contributed by atoms with Crippen molar-refractivity contribution in [2.75, 3.05) is 14.2 Å². The number of fused-ring (bicyclic) bond motifs is 1. The Bertz CT molecular complexity index is 373. The van der Waals surface area contributed by atoms with E-state index in [9.17, 15) is 5.11 Å². The third kappa shape index (κ3) is 1.47. The molecular formula is C12H16O3. The quantitative estimate of drug-likeness (QED) is 0.807. The van der Waals surface area contributed by atoms with Crippen molar-refractivity contribution in [3.8, 4) is 11.5 Å². The molecular weight excluding hydrogens is 192 g/mol. The van der Waals surface area contributed by atoms with Crippen LogP contribution in [0.2, 0.25) is 0 Å². The van der Waals surface area contributed by atoms with Gasteiger partial charge in [-0.25, -0.2) is 0 Å². The molecule has 0 amide bonds. The SMILES string of the molecule is COc1ccc(OC)c2c1CC(C)C2O. The van der Waals surface area contributed by atoms with Crippen molar-refractivity contribution in [2.24, 2.45) is 5.92 Å². The maximum atomic E-state index is 10.0. The summed E-state index contributed by atoms with van der Waals surface area (Å²) in [5.74, 6) is 1.82.